The first-order valence-electron chi connectivity index (χ1n) is 35.9. The highest BCUT2D eigenvalue weighted by atomic mass is 32.2. The lowest BCUT2D eigenvalue weighted by atomic mass is 10.0. The summed E-state index contributed by atoms with van der Waals surface area (Å²) in [5, 5.41) is 23.4. The Kier molecular flexibility index (Phi) is 40.6. The summed E-state index contributed by atoms with van der Waals surface area (Å²) in [4.78, 5) is 153. The van der Waals surface area contributed by atoms with E-state index in [9.17, 15) is 66.6 Å². The molecule has 110 heavy (non-hydrogen) atoms. The van der Waals surface area contributed by atoms with Gasteiger partial charge in [0.1, 0.15) is 50.3 Å². The average Bonchev–Trinajstić information content (AvgIpc) is 1.64. The molecule has 0 aliphatic carbocycles. The molecule has 0 radical (unpaired) electrons. The van der Waals surface area contributed by atoms with Gasteiger partial charge in [0.05, 0.1) is 50.2 Å². The summed E-state index contributed by atoms with van der Waals surface area (Å²) in [6.07, 6.45) is 12.8. The summed E-state index contributed by atoms with van der Waals surface area (Å²) in [5.41, 5.74) is -1.13. The lowest BCUT2D eigenvalue weighted by Crippen LogP contribution is -2.36. The average molecular weight is 1630 g/mol. The zero-order chi connectivity index (χ0) is 79.7. The molecule has 1 aromatic heterocycles. The first-order chi connectivity index (χ1) is 52.7. The Balaban J connectivity index is 0.784. The SMILES string of the molecule is C=CCOC(COc1cccc(C(=O)NCCCCCNC(=O)COC(COc2cccc(C(=O)NCCCCCNC(=O)CCCCCNC(=O)CCCCC3SCC4NC(=O)NC43)c2)OCC=C)c1)OCC(=O)NC/C=C/c1cn([C@H]2C[C@@H](OCC=C)[C@@H](COP(=O)(O)OP(=O)(O)OP(=O)(O)O)O2)c(=O)[nH]c1=O. The molecule has 610 valence electrons. The quantitative estimate of drug-likeness (QED) is 0.0121. The summed E-state index contributed by atoms with van der Waals surface area (Å²) in [7, 11) is -17.0. The largest absolute Gasteiger partial charge is 0.490 e. The van der Waals surface area contributed by atoms with E-state index in [1.54, 1.807) is 42.5 Å². The maximum atomic E-state index is 13.1. The van der Waals surface area contributed by atoms with E-state index >= 15 is 0 Å². The molecule has 3 aliphatic heterocycles. The van der Waals surface area contributed by atoms with Gasteiger partial charge in [0.15, 0.2) is 12.6 Å². The van der Waals surface area contributed by atoms with Gasteiger partial charge in [0, 0.05) is 86.9 Å². The number of aromatic amines is 1. The second-order valence-corrected chi connectivity index (χ2v) is 30.8. The molecular weight excluding hydrogens is 1530 g/mol. The predicted molar refractivity (Wildman–Crippen MR) is 401 cm³/mol. The van der Waals surface area contributed by atoms with Crippen LogP contribution in [0.4, 0.5) is 4.79 Å². The summed E-state index contributed by atoms with van der Waals surface area (Å²) in [6.45, 7) is 11.0. The third-order valence-corrected chi connectivity index (χ3v) is 21.7. The second-order valence-electron chi connectivity index (χ2n) is 25.1. The number of thioether (sulfide) groups is 1. The normalized spacial score (nSPS) is 19.0. The van der Waals surface area contributed by atoms with Crippen molar-refractivity contribution in [3.05, 3.63) is 136 Å². The number of phosphoric acid groups is 3. The molecule has 3 fully saturated rings. The zero-order valence-electron chi connectivity index (χ0n) is 60.9. The number of carbonyl (C=O) groups is 7. The molecule has 10 atom stereocenters. The number of ether oxygens (including phenoxy) is 8. The van der Waals surface area contributed by atoms with Gasteiger partial charge in [-0.15, -0.1) is 19.7 Å². The van der Waals surface area contributed by atoms with E-state index in [1.807, 2.05) is 11.8 Å². The molecule has 7 unspecified atom stereocenters. The number of phosphoric ester groups is 1. The van der Waals surface area contributed by atoms with E-state index in [4.69, 9.17) is 52.2 Å². The molecule has 13 N–H and O–H groups in total. The fraction of sp³-hybridized carbons (Fsp3) is 0.551. The van der Waals surface area contributed by atoms with Gasteiger partial charge in [-0.25, -0.2) is 23.3 Å². The van der Waals surface area contributed by atoms with E-state index in [-0.39, 0.29) is 106 Å². The monoisotopic (exact) mass is 1630 g/mol. The molecule has 0 bridgehead atoms. The Bertz CT molecular complexity index is 3810. The molecule has 4 heterocycles. The lowest BCUT2D eigenvalue weighted by molar-refractivity contribution is -0.162. The highest BCUT2D eigenvalue weighted by Gasteiger charge is 2.45. The molecular formula is C69H101N10O27P3S. The summed E-state index contributed by atoms with van der Waals surface area (Å²) in [6, 6.07) is 13.3. The Labute approximate surface area is 640 Å². The van der Waals surface area contributed by atoms with E-state index in [0.717, 1.165) is 74.3 Å². The first-order valence-corrected chi connectivity index (χ1v) is 41.4. The Hall–Kier alpha value is -7.71. The predicted octanol–water partition coefficient (Wildman–Crippen LogP) is 4.55. The van der Waals surface area contributed by atoms with Crippen LogP contribution in [0.3, 0.4) is 0 Å². The third kappa shape index (κ3) is 35.8. The number of aromatic nitrogens is 2. The van der Waals surface area contributed by atoms with Crippen LogP contribution in [0.5, 0.6) is 11.5 Å². The number of unbranched alkanes of at least 4 members (excludes halogenated alkanes) is 7. The molecule has 3 aliphatic rings. The third-order valence-electron chi connectivity index (χ3n) is 16.4. The van der Waals surface area contributed by atoms with Gasteiger partial charge < -0.3 is 100 Å². The van der Waals surface area contributed by atoms with Gasteiger partial charge in [0.25, 0.3) is 17.4 Å². The highest BCUT2D eigenvalue weighted by Crippen LogP contribution is 2.66. The van der Waals surface area contributed by atoms with Crippen LogP contribution in [0.2, 0.25) is 0 Å². The minimum Gasteiger partial charge on any atom is -0.488 e. The van der Waals surface area contributed by atoms with Gasteiger partial charge in [-0.3, -0.25) is 47.6 Å². The van der Waals surface area contributed by atoms with Crippen molar-refractivity contribution < 1.29 is 118 Å². The summed E-state index contributed by atoms with van der Waals surface area (Å²) >= 11 is 1.88. The molecule has 6 rings (SSSR count). The maximum Gasteiger partial charge on any atom is 0.490 e. The molecule has 0 spiro atoms. The van der Waals surface area contributed by atoms with E-state index in [2.05, 4.69) is 75.9 Å². The topological polar surface area (TPSA) is 504 Å². The number of rotatable bonds is 57. The van der Waals surface area contributed by atoms with Crippen LogP contribution in [-0.2, 0) is 74.4 Å². The molecule has 37 nitrogen and oxygen atoms in total. The zero-order valence-corrected chi connectivity index (χ0v) is 64.4. The van der Waals surface area contributed by atoms with Crippen molar-refractivity contribution in [2.75, 3.05) is 97.9 Å². The van der Waals surface area contributed by atoms with Crippen LogP contribution in [0.25, 0.3) is 6.08 Å². The Morgan fingerprint density at radius 2 is 1.15 bits per heavy atom. The number of fused-ring (bicyclic) bond motifs is 1. The number of carbonyl (C=O) groups excluding carboxylic acids is 7. The van der Waals surface area contributed by atoms with Gasteiger partial charge >= 0.3 is 35.2 Å². The molecule has 3 aromatic rings. The number of amides is 8. The van der Waals surface area contributed by atoms with Crippen molar-refractivity contribution in [1.82, 2.24) is 52.1 Å². The smallest absolute Gasteiger partial charge is 0.488 e. The number of benzene rings is 2. The molecule has 0 saturated carbocycles. The van der Waals surface area contributed by atoms with Crippen molar-refractivity contribution in [1.29, 1.82) is 0 Å². The van der Waals surface area contributed by atoms with E-state index in [1.165, 1.54) is 36.4 Å². The fourth-order valence-corrected chi connectivity index (χ4v) is 15.7. The summed E-state index contributed by atoms with van der Waals surface area (Å²) in [5.74, 6) is 0.0210. The molecule has 3 saturated heterocycles. The number of nitrogens with one attached hydrogen (secondary N) is 9. The van der Waals surface area contributed by atoms with Crippen LogP contribution in [0, 0.1) is 0 Å². The fourth-order valence-electron chi connectivity index (χ4n) is 11.1. The Morgan fingerprint density at radius 1 is 0.627 bits per heavy atom. The minimum absolute atomic E-state index is 0.00799. The van der Waals surface area contributed by atoms with Crippen LogP contribution in [0.15, 0.2) is 108 Å². The molecule has 2 aromatic carbocycles. The standard InChI is InChI=1S/C69H101N10O27P3S/c1-4-35-96-54-40-61(104-55(54)42-103-108(92,93)106-109(94,95)105-107(89,90)91)79-41-50(67(86)78-69(79)88)23-20-34-73-60(83)44-102-63(98-37-6-3)46-100-52-25-19-22-49(39-52)66(85)75-33-17-9-15-31-72-59(82)43-101-62(97-36-5-2)45-99-51-24-18-21-48(38-51)65(84)74-32-16-8-14-30-71-57(80)27-10-7-13-29-70-58(81)28-12-11-26-56-64-53(47-110-56)76-68(87)77-64/h4-6,18-25,38-39,41,53-56,61-64H,1-3,7-17,26-37,40,42-47H2,(H,70,81)(H,71,80)(H,72,82)(H,73,83)(H,74,84)(H,75,85)(H,92,93)(H,94,95)(H2,76,77,87)(H,78,86,88)(H2,89,90,91)/b23-20+/t53?,54-,55-,56?,61-,62?,63?,64?/m1/s1. The van der Waals surface area contributed by atoms with Gasteiger partial charge in [-0.1, -0.05) is 55.4 Å². The molecule has 8 amide bonds. The lowest BCUT2D eigenvalue weighted by Gasteiger charge is -2.21. The van der Waals surface area contributed by atoms with Crippen molar-refractivity contribution in [2.24, 2.45) is 0 Å². The van der Waals surface area contributed by atoms with Crippen molar-refractivity contribution >= 4 is 82.8 Å². The first kappa shape index (κ1) is 91.2. The number of H-pyrrole nitrogens is 1. The van der Waals surface area contributed by atoms with Gasteiger partial charge in [-0.2, -0.15) is 20.4 Å². The van der Waals surface area contributed by atoms with Gasteiger partial charge in [0.2, 0.25) is 23.6 Å². The van der Waals surface area contributed by atoms with Crippen molar-refractivity contribution in [3.8, 4) is 11.5 Å². The van der Waals surface area contributed by atoms with E-state index in [0.29, 0.717) is 92.7 Å². The van der Waals surface area contributed by atoms with Crippen LogP contribution in [-0.4, -0.2) is 211 Å². The Morgan fingerprint density at radius 3 is 1.71 bits per heavy atom. The number of hydrogen-bond donors (Lipinski definition) is 13. The van der Waals surface area contributed by atoms with Crippen LogP contribution < -0.4 is 63.3 Å². The number of hydrogen-bond acceptors (Lipinski definition) is 24. The van der Waals surface area contributed by atoms with Crippen LogP contribution in [0.1, 0.15) is 129 Å². The number of nitrogens with zero attached hydrogens (tertiary/aromatic N) is 1. The molecule has 41 heteroatoms. The van der Waals surface area contributed by atoms with Gasteiger partial charge in [-0.05, 0) is 101 Å². The highest BCUT2D eigenvalue weighted by molar-refractivity contribution is 8.00. The maximum absolute atomic E-state index is 13.1. The summed E-state index contributed by atoms with van der Waals surface area (Å²) < 4.78 is 94.2. The second kappa shape index (κ2) is 48.9. The number of urea groups is 1. The minimum atomic E-state index is -5.82. The van der Waals surface area contributed by atoms with E-state index < -0.39 is 84.9 Å². The van der Waals surface area contributed by atoms with Crippen LogP contribution >= 0.6 is 35.2 Å². The van der Waals surface area contributed by atoms with Crippen molar-refractivity contribution in [2.45, 2.75) is 145 Å². The van der Waals surface area contributed by atoms with Crippen molar-refractivity contribution in [3.63, 3.8) is 0 Å².